The third kappa shape index (κ3) is 4.29. The number of rotatable bonds is 4. The highest BCUT2D eigenvalue weighted by molar-refractivity contribution is 5.96. The predicted molar refractivity (Wildman–Crippen MR) is 93.5 cm³/mol. The van der Waals surface area contributed by atoms with Crippen LogP contribution >= 0.6 is 0 Å². The number of hydrogen-bond acceptors (Lipinski definition) is 3. The first-order valence-corrected chi connectivity index (χ1v) is 8.64. The van der Waals surface area contributed by atoms with E-state index in [1.54, 1.807) is 6.07 Å². The van der Waals surface area contributed by atoms with E-state index < -0.39 is 11.9 Å². The Hall–Kier alpha value is -2.57. The molecule has 1 aromatic rings. The lowest BCUT2D eigenvalue weighted by molar-refractivity contribution is -0.143. The summed E-state index contributed by atoms with van der Waals surface area (Å²) in [6, 6.07) is 5.09. The summed E-state index contributed by atoms with van der Waals surface area (Å²) in [5.41, 5.74) is 2.15. The van der Waals surface area contributed by atoms with Crippen LogP contribution in [-0.2, 0) is 9.59 Å². The molecule has 1 saturated carbocycles. The van der Waals surface area contributed by atoms with Crippen molar-refractivity contribution in [1.29, 1.82) is 0 Å². The summed E-state index contributed by atoms with van der Waals surface area (Å²) < 4.78 is 0. The first-order valence-electron chi connectivity index (χ1n) is 8.64. The maximum absolute atomic E-state index is 12.5. The number of carbonyl (C=O) groups is 3. The number of aryl methyl sites for hydroxylation is 1. The van der Waals surface area contributed by atoms with Gasteiger partial charge in [0.25, 0.3) is 0 Å². The number of nitrogens with zero attached hydrogens (tertiary/aromatic N) is 1. The van der Waals surface area contributed by atoms with Gasteiger partial charge in [0, 0.05) is 30.4 Å². The van der Waals surface area contributed by atoms with E-state index in [1.807, 2.05) is 19.1 Å². The molecule has 134 valence electrons. The SMILES string of the molecule is Cc1ccc(NC(=O)C2CC2)cc1NC(=O)N1CCCC(C(=O)O)C1. The Labute approximate surface area is 146 Å². The summed E-state index contributed by atoms with van der Waals surface area (Å²) >= 11 is 0. The molecule has 0 spiro atoms. The largest absolute Gasteiger partial charge is 0.481 e. The zero-order chi connectivity index (χ0) is 18.0. The third-order valence-corrected chi connectivity index (χ3v) is 4.75. The van der Waals surface area contributed by atoms with E-state index in [1.165, 1.54) is 4.90 Å². The van der Waals surface area contributed by atoms with Gasteiger partial charge in [0.1, 0.15) is 0 Å². The zero-order valence-electron chi connectivity index (χ0n) is 14.2. The van der Waals surface area contributed by atoms with Gasteiger partial charge in [-0.25, -0.2) is 4.79 Å². The van der Waals surface area contributed by atoms with Crippen molar-refractivity contribution in [3.63, 3.8) is 0 Å². The molecule has 7 heteroatoms. The molecule has 0 aromatic heterocycles. The van der Waals surface area contributed by atoms with E-state index in [2.05, 4.69) is 10.6 Å². The third-order valence-electron chi connectivity index (χ3n) is 4.75. The minimum absolute atomic E-state index is 0.0152. The lowest BCUT2D eigenvalue weighted by Gasteiger charge is -2.31. The van der Waals surface area contributed by atoms with Crippen LogP contribution in [0.2, 0.25) is 0 Å². The van der Waals surface area contributed by atoms with Gasteiger partial charge in [-0.15, -0.1) is 0 Å². The minimum Gasteiger partial charge on any atom is -0.481 e. The summed E-state index contributed by atoms with van der Waals surface area (Å²) in [7, 11) is 0. The van der Waals surface area contributed by atoms with Gasteiger partial charge in [0.15, 0.2) is 0 Å². The Kier molecular flexibility index (Phi) is 4.92. The lowest BCUT2D eigenvalue weighted by Crippen LogP contribution is -2.44. The van der Waals surface area contributed by atoms with Crippen LogP contribution in [0.1, 0.15) is 31.2 Å². The zero-order valence-corrected chi connectivity index (χ0v) is 14.2. The molecule has 1 atom stereocenters. The average molecular weight is 345 g/mol. The Morgan fingerprint density at radius 1 is 1.12 bits per heavy atom. The van der Waals surface area contributed by atoms with Crippen molar-refractivity contribution in [2.75, 3.05) is 23.7 Å². The van der Waals surface area contributed by atoms with Crippen molar-refractivity contribution in [2.45, 2.75) is 32.6 Å². The normalized spacial score (nSPS) is 20.0. The number of carbonyl (C=O) groups excluding carboxylic acids is 2. The van der Waals surface area contributed by atoms with E-state index in [4.69, 9.17) is 5.11 Å². The van der Waals surface area contributed by atoms with Crippen molar-refractivity contribution >= 4 is 29.3 Å². The maximum Gasteiger partial charge on any atom is 0.321 e. The van der Waals surface area contributed by atoms with E-state index in [0.717, 1.165) is 18.4 Å². The van der Waals surface area contributed by atoms with Gasteiger partial charge < -0.3 is 20.6 Å². The number of likely N-dealkylation sites (tertiary alicyclic amines) is 1. The minimum atomic E-state index is -0.863. The van der Waals surface area contributed by atoms with Crippen LogP contribution in [0, 0.1) is 18.8 Å². The fourth-order valence-electron chi connectivity index (χ4n) is 2.98. The standard InChI is InChI=1S/C18H23N3O4/c1-11-4-7-14(19-16(22)12-5-6-12)9-15(11)20-18(25)21-8-2-3-13(10-21)17(23)24/h4,7,9,12-13H,2-3,5-6,8,10H2,1H3,(H,19,22)(H,20,25)(H,23,24). The number of carboxylic acid groups (broad SMARTS) is 1. The summed E-state index contributed by atoms with van der Waals surface area (Å²) in [4.78, 5) is 37.0. The molecule has 0 radical (unpaired) electrons. The average Bonchev–Trinajstić information content (AvgIpc) is 3.43. The molecule has 3 N–H and O–H groups in total. The number of urea groups is 1. The summed E-state index contributed by atoms with van der Waals surface area (Å²) in [6.45, 7) is 2.64. The van der Waals surface area contributed by atoms with Crippen molar-refractivity contribution in [3.05, 3.63) is 23.8 Å². The van der Waals surface area contributed by atoms with Gasteiger partial charge in [-0.1, -0.05) is 6.07 Å². The molecular formula is C18H23N3O4. The molecule has 0 bridgehead atoms. The van der Waals surface area contributed by atoms with Crippen molar-refractivity contribution in [3.8, 4) is 0 Å². The summed E-state index contributed by atoms with van der Waals surface area (Å²) in [6.07, 6.45) is 3.14. The van der Waals surface area contributed by atoms with Crippen molar-refractivity contribution in [1.82, 2.24) is 4.90 Å². The molecule has 1 saturated heterocycles. The number of anilines is 2. The smallest absolute Gasteiger partial charge is 0.321 e. The summed E-state index contributed by atoms with van der Waals surface area (Å²) in [5, 5.41) is 14.8. The molecular weight excluding hydrogens is 322 g/mol. The van der Waals surface area contributed by atoms with Crippen LogP contribution in [0.15, 0.2) is 18.2 Å². The van der Waals surface area contributed by atoms with Crippen LogP contribution < -0.4 is 10.6 Å². The van der Waals surface area contributed by atoms with Crippen molar-refractivity contribution < 1.29 is 19.5 Å². The maximum atomic E-state index is 12.5. The van der Waals surface area contributed by atoms with Crippen LogP contribution in [0.4, 0.5) is 16.2 Å². The fourth-order valence-corrected chi connectivity index (χ4v) is 2.98. The van der Waals surface area contributed by atoms with Gasteiger partial charge >= 0.3 is 12.0 Å². The number of benzene rings is 1. The van der Waals surface area contributed by atoms with Gasteiger partial charge in [0.05, 0.1) is 5.92 Å². The second-order valence-electron chi connectivity index (χ2n) is 6.85. The summed E-state index contributed by atoms with van der Waals surface area (Å²) in [5.74, 6) is -1.25. The highest BCUT2D eigenvalue weighted by Gasteiger charge is 2.30. The molecule has 2 fully saturated rings. The van der Waals surface area contributed by atoms with Crippen LogP contribution in [0.5, 0.6) is 0 Å². The highest BCUT2D eigenvalue weighted by atomic mass is 16.4. The van der Waals surface area contributed by atoms with E-state index in [0.29, 0.717) is 30.8 Å². The van der Waals surface area contributed by atoms with Crippen LogP contribution in [0.25, 0.3) is 0 Å². The molecule has 3 amide bonds. The van der Waals surface area contributed by atoms with Gasteiger partial charge in [0.2, 0.25) is 5.91 Å². The quantitative estimate of drug-likeness (QED) is 0.781. The monoisotopic (exact) mass is 345 g/mol. The highest BCUT2D eigenvalue weighted by Crippen LogP contribution is 2.31. The first kappa shape index (κ1) is 17.3. The fraction of sp³-hybridized carbons (Fsp3) is 0.500. The van der Waals surface area contributed by atoms with E-state index in [9.17, 15) is 14.4 Å². The van der Waals surface area contributed by atoms with Crippen molar-refractivity contribution in [2.24, 2.45) is 11.8 Å². The lowest BCUT2D eigenvalue weighted by atomic mass is 9.99. The second kappa shape index (κ2) is 7.13. The van der Waals surface area contributed by atoms with Gasteiger partial charge in [-0.05, 0) is 50.3 Å². The molecule has 2 aliphatic rings. The molecule has 1 aliphatic heterocycles. The second-order valence-corrected chi connectivity index (χ2v) is 6.85. The van der Waals surface area contributed by atoms with Gasteiger partial charge in [-0.2, -0.15) is 0 Å². The number of nitrogens with one attached hydrogen (secondary N) is 2. The Morgan fingerprint density at radius 3 is 2.56 bits per heavy atom. The van der Waals surface area contributed by atoms with E-state index in [-0.39, 0.29) is 24.4 Å². The number of piperidine rings is 1. The molecule has 3 rings (SSSR count). The van der Waals surface area contributed by atoms with E-state index >= 15 is 0 Å². The Balaban J connectivity index is 1.65. The molecule has 1 heterocycles. The molecule has 1 aliphatic carbocycles. The van der Waals surface area contributed by atoms with Gasteiger partial charge in [-0.3, -0.25) is 9.59 Å². The molecule has 1 unspecified atom stereocenters. The number of amides is 3. The number of carboxylic acids is 1. The molecule has 25 heavy (non-hydrogen) atoms. The molecule has 1 aromatic carbocycles. The van der Waals surface area contributed by atoms with Crippen LogP contribution in [0.3, 0.4) is 0 Å². The Morgan fingerprint density at radius 2 is 1.88 bits per heavy atom. The topological polar surface area (TPSA) is 98.7 Å². The first-order chi connectivity index (χ1) is 11.9. The molecule has 7 nitrogen and oxygen atoms in total. The Bertz CT molecular complexity index is 700. The van der Waals surface area contributed by atoms with Crippen LogP contribution in [-0.4, -0.2) is 41.0 Å². The number of aliphatic carboxylic acids is 1. The predicted octanol–water partition coefficient (Wildman–Crippen LogP) is 2.67. The number of hydrogen-bond donors (Lipinski definition) is 3.